The molecule has 2 aromatic rings. The molecule has 6 heteroatoms. The van der Waals surface area contributed by atoms with Crippen LogP contribution in [0.25, 0.3) is 5.69 Å². The van der Waals surface area contributed by atoms with E-state index in [0.717, 1.165) is 23.7 Å². The van der Waals surface area contributed by atoms with Gasteiger partial charge in [-0.2, -0.15) is 0 Å². The summed E-state index contributed by atoms with van der Waals surface area (Å²) in [7, 11) is 0. The molecule has 1 fully saturated rings. The summed E-state index contributed by atoms with van der Waals surface area (Å²) in [6.45, 7) is 1.08. The molecule has 0 radical (unpaired) electrons. The van der Waals surface area contributed by atoms with Crippen LogP contribution >= 0.6 is 11.8 Å². The summed E-state index contributed by atoms with van der Waals surface area (Å²) in [6.07, 6.45) is 4.74. The predicted molar refractivity (Wildman–Crippen MR) is 86.5 cm³/mol. The first kappa shape index (κ1) is 15.1. The van der Waals surface area contributed by atoms with E-state index in [4.69, 9.17) is 0 Å². The molecule has 1 aliphatic heterocycles. The number of amides is 1. The van der Waals surface area contributed by atoms with Gasteiger partial charge in [0.05, 0.1) is 12.3 Å². The number of nitrogens with zero attached hydrogens (tertiary/aromatic N) is 3. The number of β-amino-alcohol motifs (C(OH)–C–C–N with tert-alkyl or cyclic N) is 1. The minimum Gasteiger partial charge on any atom is -0.391 e. The highest BCUT2D eigenvalue weighted by Gasteiger charge is 2.26. The van der Waals surface area contributed by atoms with Crippen LogP contribution in [0.3, 0.4) is 0 Å². The fourth-order valence-electron chi connectivity index (χ4n) is 2.76. The molecule has 3 rings (SSSR count). The maximum Gasteiger partial charge on any atom is 0.272 e. The lowest BCUT2D eigenvalue weighted by Gasteiger charge is -2.30. The van der Waals surface area contributed by atoms with Gasteiger partial charge in [-0.05, 0) is 31.2 Å². The minimum atomic E-state index is -0.425. The summed E-state index contributed by atoms with van der Waals surface area (Å²) in [5.41, 5.74) is 1.47. The summed E-state index contributed by atoms with van der Waals surface area (Å²) >= 11 is 1.51. The van der Waals surface area contributed by atoms with Gasteiger partial charge in [-0.3, -0.25) is 9.36 Å². The Morgan fingerprint density at radius 1 is 1.36 bits per heavy atom. The van der Waals surface area contributed by atoms with Crippen LogP contribution in [0.1, 0.15) is 23.3 Å². The van der Waals surface area contributed by atoms with E-state index in [9.17, 15) is 9.90 Å². The van der Waals surface area contributed by atoms with Crippen molar-refractivity contribution < 1.29 is 9.90 Å². The Labute approximate surface area is 134 Å². The zero-order valence-corrected chi connectivity index (χ0v) is 13.3. The number of benzene rings is 1. The number of hydrogen-bond acceptors (Lipinski definition) is 4. The third-order valence-corrected chi connectivity index (χ3v) is 4.48. The molecule has 0 saturated carbocycles. The van der Waals surface area contributed by atoms with Gasteiger partial charge in [0.25, 0.3) is 5.91 Å². The predicted octanol–water partition coefficient (Wildman–Crippen LogP) is 2.19. The number of imidazole rings is 1. The molecule has 1 N–H and O–H groups in total. The van der Waals surface area contributed by atoms with Crippen LogP contribution in [0, 0.1) is 0 Å². The van der Waals surface area contributed by atoms with E-state index >= 15 is 0 Å². The quantitative estimate of drug-likeness (QED) is 0.882. The number of para-hydroxylation sites is 1. The molecule has 5 nitrogen and oxygen atoms in total. The van der Waals surface area contributed by atoms with Crippen molar-refractivity contribution in [1.82, 2.24) is 14.5 Å². The van der Waals surface area contributed by atoms with Crippen molar-refractivity contribution in [2.24, 2.45) is 0 Å². The van der Waals surface area contributed by atoms with Crippen LogP contribution < -0.4 is 0 Å². The van der Waals surface area contributed by atoms with E-state index in [1.807, 2.05) is 41.2 Å². The first-order chi connectivity index (χ1) is 10.7. The van der Waals surface area contributed by atoms with Crippen LogP contribution in [0.2, 0.25) is 0 Å². The average molecular weight is 317 g/mol. The Morgan fingerprint density at radius 3 is 2.82 bits per heavy atom. The molecule has 1 aromatic carbocycles. The van der Waals surface area contributed by atoms with Crippen LogP contribution in [0.5, 0.6) is 0 Å². The van der Waals surface area contributed by atoms with Crippen molar-refractivity contribution in [1.29, 1.82) is 0 Å². The monoisotopic (exact) mass is 317 g/mol. The van der Waals surface area contributed by atoms with Crippen LogP contribution in [-0.2, 0) is 0 Å². The van der Waals surface area contributed by atoms with Gasteiger partial charge in [-0.25, -0.2) is 4.98 Å². The van der Waals surface area contributed by atoms with E-state index in [1.54, 1.807) is 11.1 Å². The van der Waals surface area contributed by atoms with E-state index in [1.165, 1.54) is 11.8 Å². The maximum atomic E-state index is 12.8. The topological polar surface area (TPSA) is 58.4 Å². The van der Waals surface area contributed by atoms with Gasteiger partial charge < -0.3 is 10.0 Å². The Hall–Kier alpha value is -1.79. The summed E-state index contributed by atoms with van der Waals surface area (Å²) in [4.78, 5) is 18.9. The Bertz CT molecular complexity index is 657. The molecule has 116 valence electrons. The standard InChI is InChI=1S/C16H19N3O2S/c1-22-16-17-10-14(19(16)12-6-3-2-4-7-12)15(21)18-9-5-8-13(20)11-18/h2-4,6-7,10,13,20H,5,8-9,11H2,1H3. The molecule has 0 bridgehead atoms. The number of hydrogen-bond donors (Lipinski definition) is 1. The fraction of sp³-hybridized carbons (Fsp3) is 0.375. The SMILES string of the molecule is CSc1ncc(C(=O)N2CCCC(O)C2)n1-c1ccccc1. The summed E-state index contributed by atoms with van der Waals surface area (Å²) in [5.74, 6) is -0.0737. The number of aromatic nitrogens is 2. The molecule has 1 atom stereocenters. The van der Waals surface area contributed by atoms with Gasteiger partial charge in [-0.1, -0.05) is 30.0 Å². The number of carbonyl (C=O) groups excluding carboxylic acids is 1. The normalized spacial score (nSPS) is 18.5. The van der Waals surface area contributed by atoms with Gasteiger partial charge >= 0.3 is 0 Å². The summed E-state index contributed by atoms with van der Waals surface area (Å²) < 4.78 is 1.88. The van der Waals surface area contributed by atoms with Crippen molar-refractivity contribution in [3.05, 3.63) is 42.2 Å². The number of aliphatic hydroxyl groups is 1. The smallest absolute Gasteiger partial charge is 0.272 e. The lowest BCUT2D eigenvalue weighted by molar-refractivity contribution is 0.0466. The van der Waals surface area contributed by atoms with Gasteiger partial charge in [0.1, 0.15) is 5.69 Å². The van der Waals surface area contributed by atoms with E-state index in [2.05, 4.69) is 4.98 Å². The highest BCUT2D eigenvalue weighted by atomic mass is 32.2. The van der Waals surface area contributed by atoms with E-state index in [0.29, 0.717) is 18.8 Å². The largest absolute Gasteiger partial charge is 0.391 e. The number of carbonyl (C=O) groups is 1. The second kappa shape index (κ2) is 6.54. The van der Waals surface area contributed by atoms with Crippen molar-refractivity contribution in [2.75, 3.05) is 19.3 Å². The van der Waals surface area contributed by atoms with Crippen molar-refractivity contribution >= 4 is 17.7 Å². The Balaban J connectivity index is 1.97. The highest BCUT2D eigenvalue weighted by Crippen LogP contribution is 2.23. The summed E-state index contributed by atoms with van der Waals surface area (Å²) in [5, 5.41) is 10.6. The zero-order valence-electron chi connectivity index (χ0n) is 12.5. The molecular weight excluding hydrogens is 298 g/mol. The van der Waals surface area contributed by atoms with Gasteiger partial charge in [-0.15, -0.1) is 0 Å². The molecule has 2 heterocycles. The van der Waals surface area contributed by atoms with Crippen LogP contribution in [-0.4, -0.2) is 50.9 Å². The Kier molecular flexibility index (Phi) is 4.49. The molecule has 22 heavy (non-hydrogen) atoms. The molecule has 0 aliphatic carbocycles. The van der Waals surface area contributed by atoms with Gasteiger partial charge in [0.15, 0.2) is 5.16 Å². The maximum absolute atomic E-state index is 12.8. The molecular formula is C16H19N3O2S. The third kappa shape index (κ3) is 2.89. The lowest BCUT2D eigenvalue weighted by Crippen LogP contribution is -2.42. The molecule has 1 unspecified atom stereocenters. The Morgan fingerprint density at radius 2 is 2.14 bits per heavy atom. The fourth-order valence-corrected chi connectivity index (χ4v) is 3.30. The first-order valence-corrected chi connectivity index (χ1v) is 8.57. The number of thioether (sulfide) groups is 1. The number of likely N-dealkylation sites (tertiary alicyclic amines) is 1. The van der Waals surface area contributed by atoms with Gasteiger partial charge in [0.2, 0.25) is 0 Å². The second-order valence-electron chi connectivity index (χ2n) is 5.35. The van der Waals surface area contributed by atoms with Gasteiger partial charge in [0, 0.05) is 18.8 Å². The number of rotatable bonds is 3. The molecule has 1 aromatic heterocycles. The molecule has 1 saturated heterocycles. The molecule has 1 aliphatic rings. The zero-order chi connectivity index (χ0) is 15.5. The van der Waals surface area contributed by atoms with Crippen molar-refractivity contribution in [3.8, 4) is 5.69 Å². The van der Waals surface area contributed by atoms with Crippen LogP contribution in [0.4, 0.5) is 0 Å². The minimum absolute atomic E-state index is 0.0737. The third-order valence-electron chi connectivity index (χ3n) is 3.83. The van der Waals surface area contributed by atoms with Crippen molar-refractivity contribution in [3.63, 3.8) is 0 Å². The first-order valence-electron chi connectivity index (χ1n) is 7.35. The number of piperidine rings is 1. The number of aliphatic hydroxyl groups excluding tert-OH is 1. The summed E-state index contributed by atoms with van der Waals surface area (Å²) in [6, 6.07) is 9.75. The van der Waals surface area contributed by atoms with E-state index < -0.39 is 6.10 Å². The van der Waals surface area contributed by atoms with Crippen LogP contribution in [0.15, 0.2) is 41.7 Å². The van der Waals surface area contributed by atoms with E-state index in [-0.39, 0.29) is 5.91 Å². The average Bonchev–Trinajstić information content (AvgIpc) is 2.99. The molecule has 1 amide bonds. The highest BCUT2D eigenvalue weighted by molar-refractivity contribution is 7.98. The lowest BCUT2D eigenvalue weighted by atomic mass is 10.1. The second-order valence-corrected chi connectivity index (χ2v) is 6.12. The van der Waals surface area contributed by atoms with Crippen molar-refractivity contribution in [2.45, 2.75) is 24.1 Å². The molecule has 0 spiro atoms.